The Labute approximate surface area is 104 Å². The second-order valence-electron chi connectivity index (χ2n) is 3.53. The van der Waals surface area contributed by atoms with E-state index < -0.39 is 15.2 Å². The number of hydrogen-bond acceptors (Lipinski definition) is 5. The zero-order valence-electron chi connectivity index (χ0n) is 9.80. The van der Waals surface area contributed by atoms with Gasteiger partial charge in [0.05, 0.1) is 24.4 Å². The van der Waals surface area contributed by atoms with E-state index in [2.05, 4.69) is 0 Å². The van der Waals surface area contributed by atoms with E-state index in [0.717, 1.165) is 13.0 Å². The Kier molecular flexibility index (Phi) is 6.90. The van der Waals surface area contributed by atoms with Crippen LogP contribution >= 0.6 is 0 Å². The molecule has 1 aromatic heterocycles. The summed E-state index contributed by atoms with van der Waals surface area (Å²) in [6, 6.07) is 0. The molecule has 0 unspecified atom stereocenters. The third kappa shape index (κ3) is 10.8. The van der Waals surface area contributed by atoms with Crippen LogP contribution in [0.4, 0.5) is 0 Å². The van der Waals surface area contributed by atoms with Crippen LogP contribution in [0.15, 0.2) is 18.7 Å². The fourth-order valence-corrected chi connectivity index (χ4v) is 1.78. The van der Waals surface area contributed by atoms with Crippen LogP contribution < -0.4 is 4.57 Å². The molecule has 0 aliphatic heterocycles. The van der Waals surface area contributed by atoms with Crippen molar-refractivity contribution >= 4 is 10.1 Å². The molecule has 104 valence electrons. The molecule has 0 atom stereocenters. The SMILES string of the molecule is C[n+]1ccn(CCCCS(=O)(=O)O)c1.O=[N+]([O-])[O-]. The van der Waals surface area contributed by atoms with Gasteiger partial charge < -0.3 is 15.3 Å². The Bertz CT molecular complexity index is 465. The van der Waals surface area contributed by atoms with Crippen LogP contribution in [0.25, 0.3) is 0 Å². The predicted octanol–water partition coefficient (Wildman–Crippen LogP) is -0.258. The number of rotatable bonds is 5. The Balaban J connectivity index is 0.000000631. The van der Waals surface area contributed by atoms with Crippen molar-refractivity contribution in [2.75, 3.05) is 5.75 Å². The summed E-state index contributed by atoms with van der Waals surface area (Å²) in [4.78, 5) is 8.25. The number of hydrogen-bond donors (Lipinski definition) is 1. The number of nitrogens with zero attached hydrogens (tertiary/aromatic N) is 3. The van der Waals surface area contributed by atoms with Crippen LogP contribution in [0.3, 0.4) is 0 Å². The van der Waals surface area contributed by atoms with Crippen molar-refractivity contribution in [1.29, 1.82) is 0 Å². The molecule has 0 radical (unpaired) electrons. The van der Waals surface area contributed by atoms with Crippen molar-refractivity contribution < 1.29 is 22.6 Å². The molecule has 0 aliphatic rings. The van der Waals surface area contributed by atoms with Crippen LogP contribution in [0.5, 0.6) is 0 Å². The normalized spacial score (nSPS) is 10.6. The molecule has 1 aromatic rings. The van der Waals surface area contributed by atoms with Crippen molar-refractivity contribution in [3.8, 4) is 0 Å². The van der Waals surface area contributed by atoms with Gasteiger partial charge >= 0.3 is 0 Å². The predicted molar refractivity (Wildman–Crippen MR) is 61.6 cm³/mol. The molecule has 0 bridgehead atoms. The van der Waals surface area contributed by atoms with Crippen LogP contribution in [0, 0.1) is 15.3 Å². The van der Waals surface area contributed by atoms with E-state index in [4.69, 9.17) is 19.9 Å². The van der Waals surface area contributed by atoms with Gasteiger partial charge in [0.15, 0.2) is 0 Å². The summed E-state index contributed by atoms with van der Waals surface area (Å²) in [5, 5.41) is 14.8. The molecule has 1 N–H and O–H groups in total. The maximum atomic E-state index is 10.4. The molecule has 0 fully saturated rings. The zero-order chi connectivity index (χ0) is 14.2. The third-order valence-electron chi connectivity index (χ3n) is 1.89. The minimum absolute atomic E-state index is 0.152. The first-order valence-corrected chi connectivity index (χ1v) is 6.59. The van der Waals surface area contributed by atoms with Crippen LogP contribution in [-0.2, 0) is 23.7 Å². The standard InChI is InChI=1S/C8H14N2O3S.NO3/c1-9-5-6-10(8-9)4-2-3-7-14(11,12)13;2-1(3)4/h5-6,8H,2-4,7H2,1H3;/q;-1/p+1. The largest absolute Gasteiger partial charge is 0.356 e. The van der Waals surface area contributed by atoms with Crippen LogP contribution in [-0.4, -0.2) is 28.4 Å². The third-order valence-corrected chi connectivity index (χ3v) is 2.70. The molecular weight excluding hydrogens is 266 g/mol. The van der Waals surface area contributed by atoms with E-state index in [-0.39, 0.29) is 5.75 Å². The fourth-order valence-electron chi connectivity index (χ4n) is 1.21. The first-order valence-electron chi connectivity index (χ1n) is 4.98. The van der Waals surface area contributed by atoms with E-state index in [1.54, 1.807) is 0 Å². The fraction of sp³-hybridized carbons (Fsp3) is 0.625. The van der Waals surface area contributed by atoms with Gasteiger partial charge in [-0.3, -0.25) is 4.55 Å². The highest BCUT2D eigenvalue weighted by Gasteiger charge is 2.05. The molecule has 0 aromatic carbocycles. The summed E-state index contributed by atoms with van der Waals surface area (Å²) in [6.45, 7) is 0.774. The van der Waals surface area contributed by atoms with Crippen LogP contribution in [0.2, 0.25) is 0 Å². The quantitative estimate of drug-likeness (QED) is 0.260. The molecular formula is C8H15N3O6S. The topological polar surface area (TPSA) is 129 Å². The number of unbranched alkanes of at least 4 members (excludes halogenated alkanes) is 1. The summed E-state index contributed by atoms with van der Waals surface area (Å²) in [7, 11) is -1.86. The lowest BCUT2D eigenvalue weighted by atomic mass is 10.3. The summed E-state index contributed by atoms with van der Waals surface area (Å²) >= 11 is 0. The van der Waals surface area contributed by atoms with Gasteiger partial charge in [-0.1, -0.05) is 0 Å². The van der Waals surface area contributed by atoms with E-state index in [9.17, 15) is 8.42 Å². The van der Waals surface area contributed by atoms with Gasteiger partial charge in [0.2, 0.25) is 6.33 Å². The number of aromatic nitrogens is 2. The smallest absolute Gasteiger partial charge is 0.264 e. The molecule has 10 heteroatoms. The number of imidazole rings is 1. The lowest BCUT2D eigenvalue weighted by molar-refractivity contribution is -0.671. The van der Waals surface area contributed by atoms with Crippen molar-refractivity contribution in [2.45, 2.75) is 19.4 Å². The first kappa shape index (κ1) is 16.3. The van der Waals surface area contributed by atoms with Gasteiger partial charge in [-0.15, -0.1) is 0 Å². The van der Waals surface area contributed by atoms with E-state index >= 15 is 0 Å². The molecule has 1 heterocycles. The monoisotopic (exact) mass is 281 g/mol. The molecule has 0 saturated heterocycles. The lowest BCUT2D eigenvalue weighted by Crippen LogP contribution is -2.23. The second kappa shape index (κ2) is 7.61. The molecule has 1 rings (SSSR count). The first-order chi connectivity index (χ1) is 8.20. The Morgan fingerprint density at radius 1 is 1.39 bits per heavy atom. The van der Waals surface area contributed by atoms with Gasteiger partial charge in [0.25, 0.3) is 10.1 Å². The van der Waals surface area contributed by atoms with E-state index in [0.29, 0.717) is 6.42 Å². The zero-order valence-corrected chi connectivity index (χ0v) is 10.6. The Morgan fingerprint density at radius 2 is 1.94 bits per heavy atom. The minimum Gasteiger partial charge on any atom is -0.356 e. The second-order valence-corrected chi connectivity index (χ2v) is 5.11. The summed E-state index contributed by atoms with van der Waals surface area (Å²) < 4.78 is 33.2. The average molecular weight is 281 g/mol. The minimum atomic E-state index is -3.79. The lowest BCUT2D eigenvalue weighted by Gasteiger charge is -1.96. The molecule has 0 spiro atoms. The Hall–Kier alpha value is -1.68. The summed E-state index contributed by atoms with van der Waals surface area (Å²) in [5.74, 6) is -0.152. The Morgan fingerprint density at radius 3 is 2.33 bits per heavy atom. The van der Waals surface area contributed by atoms with Crippen molar-refractivity contribution in [2.24, 2.45) is 7.05 Å². The average Bonchev–Trinajstić information content (AvgIpc) is 2.57. The van der Waals surface area contributed by atoms with Gasteiger partial charge in [-0.2, -0.15) is 8.42 Å². The molecule has 18 heavy (non-hydrogen) atoms. The maximum absolute atomic E-state index is 10.4. The van der Waals surface area contributed by atoms with E-state index in [1.165, 1.54) is 0 Å². The number of aryl methyl sites for hydroxylation is 2. The highest BCUT2D eigenvalue weighted by molar-refractivity contribution is 7.85. The van der Waals surface area contributed by atoms with Gasteiger partial charge in [-0.05, 0) is 12.8 Å². The summed E-state index contributed by atoms with van der Waals surface area (Å²) in [6.07, 6.45) is 7.00. The molecule has 0 saturated carbocycles. The highest BCUT2D eigenvalue weighted by Crippen LogP contribution is 1.97. The van der Waals surface area contributed by atoms with E-state index in [1.807, 2.05) is 34.9 Å². The van der Waals surface area contributed by atoms with Gasteiger partial charge in [0, 0.05) is 0 Å². The van der Waals surface area contributed by atoms with Gasteiger partial charge in [-0.25, -0.2) is 9.13 Å². The van der Waals surface area contributed by atoms with Crippen molar-refractivity contribution in [1.82, 2.24) is 4.57 Å². The molecule has 9 nitrogen and oxygen atoms in total. The van der Waals surface area contributed by atoms with Gasteiger partial charge in [0.1, 0.15) is 12.4 Å². The molecule has 0 amide bonds. The highest BCUT2D eigenvalue weighted by atomic mass is 32.2. The van der Waals surface area contributed by atoms with Crippen molar-refractivity contribution in [3.63, 3.8) is 0 Å². The molecule has 0 aliphatic carbocycles. The van der Waals surface area contributed by atoms with Crippen molar-refractivity contribution in [3.05, 3.63) is 34.0 Å². The summed E-state index contributed by atoms with van der Waals surface area (Å²) in [5.41, 5.74) is 0. The van der Waals surface area contributed by atoms with Crippen LogP contribution in [0.1, 0.15) is 12.8 Å². The maximum Gasteiger partial charge on any atom is 0.264 e.